The zero-order valence-corrected chi connectivity index (χ0v) is 12.7. The van der Waals surface area contributed by atoms with Crippen LogP contribution in [-0.2, 0) is 23.0 Å². The first-order valence-electron chi connectivity index (χ1n) is 6.71. The molecule has 0 amide bonds. The van der Waals surface area contributed by atoms with Crippen LogP contribution in [0.25, 0.3) is 0 Å². The molecule has 6 heteroatoms. The van der Waals surface area contributed by atoms with Crippen molar-refractivity contribution in [1.82, 2.24) is 9.71 Å². The molecular weight excluding hydrogens is 286 g/mol. The third-order valence-corrected chi connectivity index (χ3v) is 4.97. The molecular formula is C15H19N3O2S. The molecule has 0 unspecified atom stereocenters. The summed E-state index contributed by atoms with van der Waals surface area (Å²) in [7, 11) is -3.51. The molecule has 0 aliphatic rings. The fourth-order valence-corrected chi connectivity index (χ4v) is 3.45. The topological polar surface area (TPSA) is 85.1 Å². The number of nitrogens with zero attached hydrogens (tertiary/aromatic N) is 1. The van der Waals surface area contributed by atoms with Crippen LogP contribution in [0.2, 0.25) is 0 Å². The first-order valence-corrected chi connectivity index (χ1v) is 8.20. The predicted octanol–water partition coefficient (Wildman–Crippen LogP) is 1.37. The molecule has 0 spiro atoms. The molecule has 21 heavy (non-hydrogen) atoms. The second kappa shape index (κ2) is 6.80. The highest BCUT2D eigenvalue weighted by Crippen LogP contribution is 2.18. The molecule has 1 aromatic heterocycles. The molecule has 2 aromatic rings. The van der Waals surface area contributed by atoms with Gasteiger partial charge in [-0.1, -0.05) is 12.1 Å². The largest absolute Gasteiger partial charge is 0.326 e. The van der Waals surface area contributed by atoms with Crippen molar-refractivity contribution in [1.29, 1.82) is 0 Å². The van der Waals surface area contributed by atoms with Gasteiger partial charge in [0.05, 0.1) is 4.90 Å². The van der Waals surface area contributed by atoms with Crippen molar-refractivity contribution in [2.75, 3.05) is 6.54 Å². The Balaban J connectivity index is 2.09. The summed E-state index contributed by atoms with van der Waals surface area (Å²) in [4.78, 5) is 4.22. The molecule has 0 atom stereocenters. The van der Waals surface area contributed by atoms with Crippen LogP contribution < -0.4 is 10.5 Å². The lowest BCUT2D eigenvalue weighted by atomic mass is 10.1. The van der Waals surface area contributed by atoms with E-state index in [1.165, 1.54) is 0 Å². The van der Waals surface area contributed by atoms with Gasteiger partial charge >= 0.3 is 0 Å². The molecule has 1 aromatic carbocycles. The summed E-state index contributed by atoms with van der Waals surface area (Å²) in [5, 5.41) is 0. The van der Waals surface area contributed by atoms with E-state index in [0.29, 0.717) is 30.0 Å². The van der Waals surface area contributed by atoms with E-state index in [0.717, 1.165) is 11.1 Å². The molecule has 0 aliphatic carbocycles. The summed E-state index contributed by atoms with van der Waals surface area (Å²) in [5.74, 6) is 0. The zero-order chi connectivity index (χ0) is 15.3. The lowest BCUT2D eigenvalue weighted by Gasteiger charge is -2.12. The van der Waals surface area contributed by atoms with E-state index in [-0.39, 0.29) is 0 Å². The van der Waals surface area contributed by atoms with E-state index in [4.69, 9.17) is 5.73 Å². The lowest BCUT2D eigenvalue weighted by molar-refractivity contribution is 0.581. The molecule has 0 saturated heterocycles. The van der Waals surface area contributed by atoms with Gasteiger partial charge in [-0.05, 0) is 48.2 Å². The van der Waals surface area contributed by atoms with E-state index < -0.39 is 10.0 Å². The maximum atomic E-state index is 12.3. The number of hydrogen-bond acceptors (Lipinski definition) is 4. The van der Waals surface area contributed by atoms with E-state index in [1.807, 2.05) is 18.2 Å². The second-order valence-corrected chi connectivity index (χ2v) is 6.48. The van der Waals surface area contributed by atoms with Crippen LogP contribution in [0.5, 0.6) is 0 Å². The van der Waals surface area contributed by atoms with Gasteiger partial charge in [0.25, 0.3) is 0 Å². The monoisotopic (exact) mass is 305 g/mol. The summed E-state index contributed by atoms with van der Waals surface area (Å²) >= 11 is 0. The molecule has 112 valence electrons. The minimum Gasteiger partial charge on any atom is -0.326 e. The van der Waals surface area contributed by atoms with Gasteiger partial charge in [0.1, 0.15) is 0 Å². The minimum atomic E-state index is -3.51. The Kier molecular flexibility index (Phi) is 5.06. The average Bonchev–Trinajstić information content (AvgIpc) is 2.48. The first-order chi connectivity index (χ1) is 10.0. The molecule has 2 rings (SSSR count). The van der Waals surface area contributed by atoms with Crippen LogP contribution in [0, 0.1) is 6.92 Å². The maximum absolute atomic E-state index is 12.3. The normalized spacial score (nSPS) is 11.5. The lowest BCUT2D eigenvalue weighted by Crippen LogP contribution is -2.27. The molecule has 0 saturated carbocycles. The second-order valence-electron chi connectivity index (χ2n) is 4.75. The van der Waals surface area contributed by atoms with Gasteiger partial charge in [-0.3, -0.25) is 4.98 Å². The number of sulfonamides is 1. The molecule has 3 N–H and O–H groups in total. The molecule has 5 nitrogen and oxygen atoms in total. The highest BCUT2D eigenvalue weighted by atomic mass is 32.2. The van der Waals surface area contributed by atoms with Gasteiger partial charge in [0.2, 0.25) is 10.0 Å². The average molecular weight is 305 g/mol. The van der Waals surface area contributed by atoms with Gasteiger partial charge in [-0.25, -0.2) is 13.1 Å². The summed E-state index contributed by atoms with van der Waals surface area (Å²) in [5.41, 5.74) is 8.20. The smallest absolute Gasteiger partial charge is 0.240 e. The first kappa shape index (κ1) is 15.6. The summed E-state index contributed by atoms with van der Waals surface area (Å²) in [6.07, 6.45) is 4.01. The van der Waals surface area contributed by atoms with Gasteiger partial charge in [0, 0.05) is 25.5 Å². The Bertz CT molecular complexity index is 700. The summed E-state index contributed by atoms with van der Waals surface area (Å²) < 4.78 is 27.3. The molecule has 0 bridgehead atoms. The van der Waals surface area contributed by atoms with Crippen molar-refractivity contribution in [3.8, 4) is 0 Å². The SMILES string of the molecule is Cc1c(CN)cccc1S(=O)(=O)NCCc1ccncc1. The number of nitrogens with two attached hydrogens (primary N) is 1. The third-order valence-electron chi connectivity index (χ3n) is 3.36. The van der Waals surface area contributed by atoms with Crippen molar-refractivity contribution in [2.24, 2.45) is 5.73 Å². The van der Waals surface area contributed by atoms with E-state index in [2.05, 4.69) is 9.71 Å². The van der Waals surface area contributed by atoms with Crippen LogP contribution in [-0.4, -0.2) is 19.9 Å². The van der Waals surface area contributed by atoms with Crippen molar-refractivity contribution < 1.29 is 8.42 Å². The number of aromatic nitrogens is 1. The molecule has 0 aliphatic heterocycles. The Hall–Kier alpha value is -1.76. The number of nitrogens with one attached hydrogen (secondary N) is 1. The minimum absolute atomic E-state index is 0.292. The van der Waals surface area contributed by atoms with Crippen LogP contribution in [0.15, 0.2) is 47.6 Å². The van der Waals surface area contributed by atoms with Crippen LogP contribution in [0.3, 0.4) is 0 Å². The maximum Gasteiger partial charge on any atom is 0.240 e. The van der Waals surface area contributed by atoms with Crippen molar-refractivity contribution in [3.63, 3.8) is 0 Å². The fourth-order valence-electron chi connectivity index (χ4n) is 2.13. The number of benzene rings is 1. The standard InChI is InChI=1S/C15H19N3O2S/c1-12-14(11-16)3-2-4-15(12)21(19,20)18-10-7-13-5-8-17-9-6-13/h2-6,8-9,18H,7,10-11,16H2,1H3. The van der Waals surface area contributed by atoms with Gasteiger partial charge in [-0.2, -0.15) is 0 Å². The molecule has 0 radical (unpaired) electrons. The van der Waals surface area contributed by atoms with E-state index in [9.17, 15) is 8.42 Å². The number of rotatable bonds is 6. The predicted molar refractivity (Wildman–Crippen MR) is 82.2 cm³/mol. The van der Waals surface area contributed by atoms with Crippen molar-refractivity contribution >= 4 is 10.0 Å². The summed E-state index contributed by atoms with van der Waals surface area (Å²) in [6.45, 7) is 2.45. The van der Waals surface area contributed by atoms with Crippen LogP contribution in [0.4, 0.5) is 0 Å². The Morgan fingerprint density at radius 1 is 1.19 bits per heavy atom. The van der Waals surface area contributed by atoms with Gasteiger partial charge in [0.15, 0.2) is 0 Å². The van der Waals surface area contributed by atoms with Gasteiger partial charge < -0.3 is 5.73 Å². The molecule has 0 fully saturated rings. The van der Waals surface area contributed by atoms with Crippen molar-refractivity contribution in [2.45, 2.75) is 24.8 Å². The number of pyridine rings is 1. The van der Waals surface area contributed by atoms with E-state index in [1.54, 1.807) is 31.5 Å². The Labute approximate surface area is 125 Å². The highest BCUT2D eigenvalue weighted by Gasteiger charge is 2.17. The Morgan fingerprint density at radius 3 is 2.57 bits per heavy atom. The fraction of sp³-hybridized carbons (Fsp3) is 0.267. The van der Waals surface area contributed by atoms with Gasteiger partial charge in [-0.15, -0.1) is 0 Å². The van der Waals surface area contributed by atoms with Crippen molar-refractivity contribution in [3.05, 3.63) is 59.4 Å². The highest BCUT2D eigenvalue weighted by molar-refractivity contribution is 7.89. The third kappa shape index (κ3) is 3.87. The Morgan fingerprint density at radius 2 is 1.90 bits per heavy atom. The van der Waals surface area contributed by atoms with Crippen LogP contribution >= 0.6 is 0 Å². The van der Waals surface area contributed by atoms with E-state index >= 15 is 0 Å². The zero-order valence-electron chi connectivity index (χ0n) is 11.9. The quantitative estimate of drug-likeness (QED) is 0.844. The number of hydrogen-bond donors (Lipinski definition) is 2. The molecule has 1 heterocycles. The van der Waals surface area contributed by atoms with Crippen LogP contribution in [0.1, 0.15) is 16.7 Å². The summed E-state index contributed by atoms with van der Waals surface area (Å²) in [6, 6.07) is 8.89.